The third-order valence-electron chi connectivity index (χ3n) is 7.47. The van der Waals surface area contributed by atoms with Crippen LogP contribution < -0.4 is 10.6 Å². The molecule has 1 unspecified atom stereocenters. The van der Waals surface area contributed by atoms with Gasteiger partial charge in [-0.1, -0.05) is 0 Å². The molecule has 1 atom stereocenters. The fourth-order valence-electron chi connectivity index (χ4n) is 5.35. The molecule has 3 heterocycles. The number of rotatable bonds is 6. The monoisotopic (exact) mass is 532 g/mol. The van der Waals surface area contributed by atoms with Crippen molar-refractivity contribution in [1.82, 2.24) is 15.2 Å². The van der Waals surface area contributed by atoms with Crippen LogP contribution in [0, 0.1) is 11.3 Å². The number of fused-ring (bicyclic) bond motifs is 1. The molecule has 37 heavy (non-hydrogen) atoms. The SMILES string of the molecule is N#Cc1cc(NCC(=O)NC2CN(C3CCC(O)(C4CN=CS4)CC3)C2)c2cc(C(F)(F)F)ccc2n1. The number of carbonyl (C=O) groups excluding carboxylic acids is 1. The molecule has 2 aromatic rings. The molecule has 0 bridgehead atoms. The zero-order valence-corrected chi connectivity index (χ0v) is 20.8. The second-order valence-electron chi connectivity index (χ2n) is 9.90. The van der Waals surface area contributed by atoms with Crippen molar-refractivity contribution in [1.29, 1.82) is 5.26 Å². The van der Waals surface area contributed by atoms with E-state index < -0.39 is 17.3 Å². The first-order valence-corrected chi connectivity index (χ1v) is 13.1. The van der Waals surface area contributed by atoms with E-state index in [1.807, 2.05) is 11.6 Å². The molecule has 3 aliphatic rings. The lowest BCUT2D eigenvalue weighted by atomic mass is 9.78. The van der Waals surface area contributed by atoms with Gasteiger partial charge in [0.25, 0.3) is 0 Å². The molecule has 1 amide bonds. The summed E-state index contributed by atoms with van der Waals surface area (Å²) in [7, 11) is 0. The molecule has 1 aliphatic carbocycles. The van der Waals surface area contributed by atoms with Crippen LogP contribution in [0.25, 0.3) is 10.9 Å². The molecule has 0 radical (unpaired) electrons. The molecule has 3 N–H and O–H groups in total. The topological polar surface area (TPSA) is 114 Å². The number of pyridine rings is 1. The number of amides is 1. The van der Waals surface area contributed by atoms with Crippen molar-refractivity contribution in [2.24, 2.45) is 4.99 Å². The number of likely N-dealkylation sites (tertiary alicyclic amines) is 1. The fourth-order valence-corrected chi connectivity index (χ4v) is 6.33. The highest BCUT2D eigenvalue weighted by Crippen LogP contribution is 2.40. The van der Waals surface area contributed by atoms with Gasteiger partial charge in [-0.15, -0.1) is 11.8 Å². The number of anilines is 1. The van der Waals surface area contributed by atoms with Gasteiger partial charge in [0.1, 0.15) is 11.8 Å². The lowest BCUT2D eigenvalue weighted by Gasteiger charge is -2.49. The zero-order chi connectivity index (χ0) is 26.2. The number of benzene rings is 1. The van der Waals surface area contributed by atoms with Crippen LogP contribution in [0.2, 0.25) is 0 Å². The van der Waals surface area contributed by atoms with Crippen molar-refractivity contribution in [3.05, 3.63) is 35.5 Å². The Bertz CT molecular complexity index is 1240. The van der Waals surface area contributed by atoms with Crippen LogP contribution in [0.4, 0.5) is 18.9 Å². The summed E-state index contributed by atoms with van der Waals surface area (Å²) in [6.45, 7) is 1.98. The molecule has 196 valence electrons. The third-order valence-corrected chi connectivity index (χ3v) is 8.66. The van der Waals surface area contributed by atoms with Crippen LogP contribution in [-0.4, -0.2) is 75.6 Å². The second kappa shape index (κ2) is 10.1. The van der Waals surface area contributed by atoms with Gasteiger partial charge in [-0.3, -0.25) is 14.7 Å². The summed E-state index contributed by atoms with van der Waals surface area (Å²) in [5.74, 6) is -0.281. The Morgan fingerprint density at radius 2 is 2.03 bits per heavy atom. The Morgan fingerprint density at radius 1 is 1.27 bits per heavy atom. The highest BCUT2D eigenvalue weighted by molar-refractivity contribution is 8.13. The number of thioether (sulfide) groups is 1. The van der Waals surface area contributed by atoms with Crippen LogP contribution in [0.5, 0.6) is 0 Å². The number of nitrogens with zero attached hydrogens (tertiary/aromatic N) is 4. The number of nitrogens with one attached hydrogen (secondary N) is 2. The predicted octanol–water partition coefficient (Wildman–Crippen LogP) is 3.15. The van der Waals surface area contributed by atoms with Crippen LogP contribution in [0.15, 0.2) is 29.3 Å². The van der Waals surface area contributed by atoms with Gasteiger partial charge >= 0.3 is 6.18 Å². The molecule has 2 fully saturated rings. The Morgan fingerprint density at radius 3 is 2.68 bits per heavy atom. The average Bonchev–Trinajstić information content (AvgIpc) is 3.40. The van der Waals surface area contributed by atoms with Gasteiger partial charge in [0.15, 0.2) is 0 Å². The Balaban J connectivity index is 1.12. The minimum Gasteiger partial charge on any atom is -0.389 e. The van der Waals surface area contributed by atoms with Crippen molar-refractivity contribution < 1.29 is 23.1 Å². The highest BCUT2D eigenvalue weighted by atomic mass is 32.2. The molecule has 5 rings (SSSR count). The summed E-state index contributed by atoms with van der Waals surface area (Å²) in [6, 6.07) is 6.74. The van der Waals surface area contributed by atoms with E-state index in [0.29, 0.717) is 12.6 Å². The number of carbonyl (C=O) groups is 1. The molecule has 8 nitrogen and oxygen atoms in total. The molecule has 1 aromatic heterocycles. The molecule has 0 spiro atoms. The first-order valence-electron chi connectivity index (χ1n) is 12.2. The molecular weight excluding hydrogens is 505 g/mol. The Kier molecular flexibility index (Phi) is 7.04. The smallest absolute Gasteiger partial charge is 0.389 e. The lowest BCUT2D eigenvalue weighted by molar-refractivity contribution is -0.137. The summed E-state index contributed by atoms with van der Waals surface area (Å²) in [4.78, 5) is 23.2. The number of aliphatic hydroxyl groups is 1. The molecule has 2 aliphatic heterocycles. The largest absolute Gasteiger partial charge is 0.416 e. The number of nitriles is 1. The number of alkyl halides is 3. The van der Waals surface area contributed by atoms with Gasteiger partial charge < -0.3 is 15.7 Å². The van der Waals surface area contributed by atoms with Crippen molar-refractivity contribution in [3.8, 4) is 6.07 Å². The van der Waals surface area contributed by atoms with E-state index in [4.69, 9.17) is 0 Å². The highest BCUT2D eigenvalue weighted by Gasteiger charge is 2.44. The summed E-state index contributed by atoms with van der Waals surface area (Å²) in [5, 5.41) is 26.4. The molecule has 1 saturated heterocycles. The predicted molar refractivity (Wildman–Crippen MR) is 135 cm³/mol. The number of aromatic nitrogens is 1. The van der Waals surface area contributed by atoms with E-state index in [9.17, 15) is 28.3 Å². The summed E-state index contributed by atoms with van der Waals surface area (Å²) in [6.07, 6.45) is -1.21. The number of hydrogen-bond acceptors (Lipinski definition) is 8. The van der Waals surface area contributed by atoms with E-state index >= 15 is 0 Å². The fraction of sp³-hybridized carbons (Fsp3) is 0.520. The maximum Gasteiger partial charge on any atom is 0.416 e. The van der Waals surface area contributed by atoms with Crippen LogP contribution in [-0.2, 0) is 11.0 Å². The second-order valence-corrected chi connectivity index (χ2v) is 11.0. The van der Waals surface area contributed by atoms with Crippen LogP contribution in [0.3, 0.4) is 0 Å². The van der Waals surface area contributed by atoms with Crippen LogP contribution >= 0.6 is 11.8 Å². The lowest BCUT2D eigenvalue weighted by Crippen LogP contribution is -2.63. The van der Waals surface area contributed by atoms with Gasteiger partial charge in [-0.2, -0.15) is 18.4 Å². The third kappa shape index (κ3) is 5.54. The Labute approximate surface area is 216 Å². The zero-order valence-electron chi connectivity index (χ0n) is 20.0. The van der Waals surface area contributed by atoms with E-state index in [-0.39, 0.29) is 46.0 Å². The van der Waals surface area contributed by atoms with Crippen molar-refractivity contribution in [2.45, 2.75) is 54.8 Å². The summed E-state index contributed by atoms with van der Waals surface area (Å²) >= 11 is 1.61. The van der Waals surface area contributed by atoms with Crippen molar-refractivity contribution in [3.63, 3.8) is 0 Å². The normalized spacial score (nSPS) is 26.6. The maximum atomic E-state index is 13.2. The first kappa shape index (κ1) is 25.8. The van der Waals surface area contributed by atoms with Gasteiger partial charge in [0.2, 0.25) is 5.91 Å². The number of aliphatic imine (C=N–C) groups is 1. The summed E-state index contributed by atoms with van der Waals surface area (Å²) in [5.41, 5.74) is 0.867. The van der Waals surface area contributed by atoms with Gasteiger partial charge in [-0.05, 0) is 49.9 Å². The molecule has 1 saturated carbocycles. The number of hydrogen-bond donors (Lipinski definition) is 3. The van der Waals surface area contributed by atoms with E-state index in [0.717, 1.165) is 50.9 Å². The van der Waals surface area contributed by atoms with Gasteiger partial charge in [0.05, 0.1) is 46.6 Å². The molecule has 1 aromatic carbocycles. The Hall–Kier alpha value is -2.88. The minimum absolute atomic E-state index is 0.00502. The van der Waals surface area contributed by atoms with Gasteiger partial charge in [-0.25, -0.2) is 4.98 Å². The molecular formula is C25H27F3N6O2S. The minimum atomic E-state index is -4.52. The quantitative estimate of drug-likeness (QED) is 0.524. The maximum absolute atomic E-state index is 13.2. The average molecular weight is 533 g/mol. The standard InChI is InChI=1S/C25H27F3N6O2S/c26-25(27,28)15-1-2-20-19(7-15)21(8-16(9-29)32-20)31-11-23(35)33-17-12-34(13-17)18-3-5-24(36,6-4-18)22-10-30-14-37-22/h1-2,7-8,14,17-18,22,36H,3-6,10-13H2,(H,31,32)(H,33,35). The van der Waals surface area contributed by atoms with E-state index in [2.05, 4.69) is 25.5 Å². The summed E-state index contributed by atoms with van der Waals surface area (Å²) < 4.78 is 39.6. The number of halogens is 3. The molecule has 12 heteroatoms. The van der Waals surface area contributed by atoms with Gasteiger partial charge in [0, 0.05) is 30.2 Å². The van der Waals surface area contributed by atoms with E-state index in [1.54, 1.807) is 11.8 Å². The van der Waals surface area contributed by atoms with Crippen molar-refractivity contribution in [2.75, 3.05) is 31.5 Å². The van der Waals surface area contributed by atoms with Crippen LogP contribution in [0.1, 0.15) is 36.9 Å². The van der Waals surface area contributed by atoms with E-state index in [1.165, 1.54) is 12.1 Å². The van der Waals surface area contributed by atoms with Crippen molar-refractivity contribution >= 4 is 39.8 Å². The first-order chi connectivity index (χ1) is 17.6.